The summed E-state index contributed by atoms with van der Waals surface area (Å²) in [6.45, 7) is 2.08. The van der Waals surface area contributed by atoms with Crippen LogP contribution in [-0.2, 0) is 20.7 Å². The molecule has 1 fully saturated rings. The van der Waals surface area contributed by atoms with Crippen molar-refractivity contribution >= 4 is 11.8 Å². The number of carbonyl (C=O) groups is 2. The van der Waals surface area contributed by atoms with E-state index in [4.69, 9.17) is 19.3 Å². The Labute approximate surface area is 192 Å². The standard InChI is InChI=1S/C23H34O10/c1-3-4-5-6-14(24)12-15(25)9-7-13-8-10-16(17(11-13)31-2)32-23-20(28)18(26)19(27)21(33-23)22(29)30/h8,10-11,14,18-21,23-24,26-28H,3-7,9,12H2,1-2H3,(H,29,30)/t14-,18-,19-,20+,21-,23+/m0/s1. The van der Waals surface area contributed by atoms with E-state index in [1.165, 1.54) is 13.2 Å². The van der Waals surface area contributed by atoms with Gasteiger partial charge in [0.15, 0.2) is 17.6 Å². The van der Waals surface area contributed by atoms with Gasteiger partial charge in [0, 0.05) is 12.8 Å². The van der Waals surface area contributed by atoms with E-state index >= 15 is 0 Å². The first-order valence-corrected chi connectivity index (χ1v) is 11.1. The van der Waals surface area contributed by atoms with Crippen LogP contribution in [0.1, 0.15) is 51.0 Å². The predicted octanol–water partition coefficient (Wildman–Crippen LogP) is 0.799. The molecule has 0 unspecified atom stereocenters. The van der Waals surface area contributed by atoms with Gasteiger partial charge in [-0.3, -0.25) is 4.79 Å². The van der Waals surface area contributed by atoms with Crippen molar-refractivity contribution in [2.24, 2.45) is 0 Å². The van der Waals surface area contributed by atoms with E-state index < -0.39 is 42.8 Å². The molecule has 1 saturated heterocycles. The van der Waals surface area contributed by atoms with Gasteiger partial charge in [-0.15, -0.1) is 0 Å². The second kappa shape index (κ2) is 12.9. The Bertz CT molecular complexity index is 783. The summed E-state index contributed by atoms with van der Waals surface area (Å²) < 4.78 is 16.0. The average molecular weight is 471 g/mol. The van der Waals surface area contributed by atoms with E-state index in [0.29, 0.717) is 12.8 Å². The largest absolute Gasteiger partial charge is 0.493 e. The van der Waals surface area contributed by atoms with E-state index in [1.807, 2.05) is 0 Å². The number of ketones is 1. The van der Waals surface area contributed by atoms with Crippen molar-refractivity contribution in [2.75, 3.05) is 7.11 Å². The van der Waals surface area contributed by atoms with E-state index in [9.17, 15) is 30.0 Å². The Morgan fingerprint density at radius 1 is 1.09 bits per heavy atom. The molecule has 0 saturated carbocycles. The van der Waals surface area contributed by atoms with Crippen molar-refractivity contribution in [3.8, 4) is 11.5 Å². The second-order valence-corrected chi connectivity index (χ2v) is 8.23. The molecule has 1 heterocycles. The molecule has 10 heteroatoms. The number of aliphatic hydroxyl groups is 4. The lowest BCUT2D eigenvalue weighted by Crippen LogP contribution is -2.61. The van der Waals surface area contributed by atoms with E-state index in [2.05, 4.69) is 6.92 Å². The molecular formula is C23H34O10. The summed E-state index contributed by atoms with van der Waals surface area (Å²) in [6, 6.07) is 4.83. The minimum atomic E-state index is -1.82. The number of aliphatic carboxylic acids is 1. The van der Waals surface area contributed by atoms with Crippen LogP contribution in [0.5, 0.6) is 11.5 Å². The minimum absolute atomic E-state index is 0.0377. The number of carboxylic acids is 1. The number of hydrogen-bond acceptors (Lipinski definition) is 9. The van der Waals surface area contributed by atoms with Gasteiger partial charge >= 0.3 is 5.97 Å². The lowest BCUT2D eigenvalue weighted by molar-refractivity contribution is -0.271. The quantitative estimate of drug-likeness (QED) is 0.261. The summed E-state index contributed by atoms with van der Waals surface area (Å²) in [5.41, 5.74) is 0.775. The molecule has 0 aliphatic carbocycles. The third-order valence-electron chi connectivity index (χ3n) is 5.58. The molecule has 0 amide bonds. The zero-order chi connectivity index (χ0) is 24.5. The Hall–Kier alpha value is -2.24. The fourth-order valence-electron chi connectivity index (χ4n) is 3.62. The molecule has 6 atom stereocenters. The highest BCUT2D eigenvalue weighted by Crippen LogP contribution is 2.32. The van der Waals surface area contributed by atoms with Crippen molar-refractivity contribution in [1.82, 2.24) is 0 Å². The summed E-state index contributed by atoms with van der Waals surface area (Å²) >= 11 is 0. The first-order valence-electron chi connectivity index (χ1n) is 11.1. The van der Waals surface area contributed by atoms with Crippen molar-refractivity contribution in [3.05, 3.63) is 23.8 Å². The summed E-state index contributed by atoms with van der Waals surface area (Å²) in [4.78, 5) is 23.4. The first-order chi connectivity index (χ1) is 15.7. The molecule has 33 heavy (non-hydrogen) atoms. The maximum absolute atomic E-state index is 12.2. The Morgan fingerprint density at radius 3 is 2.45 bits per heavy atom. The fourth-order valence-corrected chi connectivity index (χ4v) is 3.62. The maximum atomic E-state index is 12.2. The zero-order valence-electron chi connectivity index (χ0n) is 18.9. The number of methoxy groups -OCH3 is 1. The molecule has 1 aromatic rings. The first kappa shape index (κ1) is 27.0. The average Bonchev–Trinajstić information content (AvgIpc) is 2.78. The molecule has 0 radical (unpaired) electrons. The van der Waals surface area contributed by atoms with Gasteiger partial charge in [0.1, 0.15) is 24.1 Å². The lowest BCUT2D eigenvalue weighted by Gasteiger charge is -2.38. The number of rotatable bonds is 13. The van der Waals surface area contributed by atoms with Gasteiger partial charge < -0.3 is 39.7 Å². The molecule has 2 rings (SSSR count). The lowest BCUT2D eigenvalue weighted by atomic mass is 9.99. The number of ether oxygens (including phenoxy) is 3. The van der Waals surface area contributed by atoms with Crippen LogP contribution in [0.3, 0.4) is 0 Å². The van der Waals surface area contributed by atoms with E-state index in [-0.39, 0.29) is 30.1 Å². The Morgan fingerprint density at radius 2 is 1.82 bits per heavy atom. The molecule has 5 N–H and O–H groups in total. The Balaban J connectivity index is 1.97. The molecule has 10 nitrogen and oxygen atoms in total. The van der Waals surface area contributed by atoms with Crippen LogP contribution in [0.4, 0.5) is 0 Å². The SMILES string of the molecule is CCCCC[C@H](O)CC(=O)CCc1ccc(O[C@@H]2O[C@H](C(=O)O)[C@@H](O)[C@H](O)[C@H]2O)c(OC)c1. The van der Waals surface area contributed by atoms with Gasteiger partial charge in [-0.05, 0) is 30.5 Å². The summed E-state index contributed by atoms with van der Waals surface area (Å²) in [5, 5.41) is 48.9. The number of hydrogen-bond donors (Lipinski definition) is 5. The normalized spacial score (nSPS) is 25.9. The van der Waals surface area contributed by atoms with Crippen LogP contribution in [-0.4, -0.2) is 81.2 Å². The van der Waals surface area contributed by atoms with E-state index in [0.717, 1.165) is 24.8 Å². The molecule has 0 aromatic heterocycles. The van der Waals surface area contributed by atoms with Crippen molar-refractivity contribution < 1.29 is 49.3 Å². The Kier molecular flexibility index (Phi) is 10.5. The number of carbonyl (C=O) groups excluding carboxylic acids is 1. The summed E-state index contributed by atoms with van der Waals surface area (Å²) in [7, 11) is 1.39. The third kappa shape index (κ3) is 7.65. The monoisotopic (exact) mass is 470 g/mol. The van der Waals surface area contributed by atoms with E-state index in [1.54, 1.807) is 12.1 Å². The molecule has 186 valence electrons. The summed E-state index contributed by atoms with van der Waals surface area (Å²) in [6.07, 6.45) is -4.86. The van der Waals surface area contributed by atoms with Gasteiger partial charge in [-0.1, -0.05) is 32.3 Å². The van der Waals surface area contributed by atoms with Crippen LogP contribution < -0.4 is 9.47 Å². The molecule has 1 aromatic carbocycles. The van der Waals surface area contributed by atoms with Crippen LogP contribution in [0, 0.1) is 0 Å². The van der Waals surface area contributed by atoms with Gasteiger partial charge in [-0.2, -0.15) is 0 Å². The highest BCUT2D eigenvalue weighted by Gasteiger charge is 2.48. The zero-order valence-corrected chi connectivity index (χ0v) is 18.9. The van der Waals surface area contributed by atoms with Crippen LogP contribution in [0.15, 0.2) is 18.2 Å². The van der Waals surface area contributed by atoms with Crippen LogP contribution in [0.25, 0.3) is 0 Å². The summed E-state index contributed by atoms with van der Waals surface area (Å²) in [5.74, 6) is -1.17. The minimum Gasteiger partial charge on any atom is -0.493 e. The van der Waals surface area contributed by atoms with Gasteiger partial charge in [0.05, 0.1) is 13.2 Å². The van der Waals surface area contributed by atoms with Crippen LogP contribution in [0.2, 0.25) is 0 Å². The topological polar surface area (TPSA) is 163 Å². The van der Waals surface area contributed by atoms with Gasteiger partial charge in [0.2, 0.25) is 6.29 Å². The van der Waals surface area contributed by atoms with Crippen LogP contribution >= 0.6 is 0 Å². The van der Waals surface area contributed by atoms with Gasteiger partial charge in [0.25, 0.3) is 0 Å². The van der Waals surface area contributed by atoms with Gasteiger partial charge in [-0.25, -0.2) is 4.79 Å². The second-order valence-electron chi connectivity index (χ2n) is 8.23. The number of aliphatic hydroxyl groups excluding tert-OH is 4. The highest BCUT2D eigenvalue weighted by atomic mass is 16.7. The van der Waals surface area contributed by atoms with Crippen molar-refractivity contribution in [2.45, 2.75) is 88.7 Å². The fraction of sp³-hybridized carbons (Fsp3) is 0.652. The third-order valence-corrected chi connectivity index (χ3v) is 5.58. The number of Topliss-reactive ketones (excluding diaryl/α,β-unsaturated/α-hetero) is 1. The molecule has 1 aliphatic heterocycles. The molecule has 0 bridgehead atoms. The molecule has 0 spiro atoms. The maximum Gasteiger partial charge on any atom is 0.335 e. The predicted molar refractivity (Wildman–Crippen MR) is 116 cm³/mol. The number of aryl methyl sites for hydroxylation is 1. The highest BCUT2D eigenvalue weighted by molar-refractivity contribution is 5.79. The van der Waals surface area contributed by atoms with Crippen molar-refractivity contribution in [1.29, 1.82) is 0 Å². The molecule has 1 aliphatic rings. The smallest absolute Gasteiger partial charge is 0.335 e. The number of unbranched alkanes of at least 4 members (excludes halogenated alkanes) is 2. The number of benzene rings is 1. The molecular weight excluding hydrogens is 436 g/mol. The number of carboxylic acid groups (broad SMARTS) is 1. The van der Waals surface area contributed by atoms with Crippen molar-refractivity contribution in [3.63, 3.8) is 0 Å².